The molecule has 5 heteroatoms. The van der Waals surface area contributed by atoms with Crippen molar-refractivity contribution in [2.45, 2.75) is 51.0 Å². The van der Waals surface area contributed by atoms with Crippen molar-refractivity contribution in [2.24, 2.45) is 0 Å². The second kappa shape index (κ2) is 6.68. The number of aryl methyl sites for hydroxylation is 1. The van der Waals surface area contributed by atoms with Gasteiger partial charge in [-0.2, -0.15) is 0 Å². The van der Waals surface area contributed by atoms with Gasteiger partial charge in [-0.15, -0.1) is 0 Å². The molecule has 1 aliphatic rings. The van der Waals surface area contributed by atoms with Crippen molar-refractivity contribution in [3.05, 3.63) is 22.3 Å². The van der Waals surface area contributed by atoms with Crippen LogP contribution in [0.4, 0.5) is 5.82 Å². The highest BCUT2D eigenvalue weighted by atomic mass is 79.9. The number of hydrogen-bond donors (Lipinski definition) is 2. The summed E-state index contributed by atoms with van der Waals surface area (Å²) in [6, 6.07) is 3.73. The number of carbonyl (C=O) groups excluding carboxylic acids is 1. The van der Waals surface area contributed by atoms with E-state index in [1.54, 1.807) is 0 Å². The van der Waals surface area contributed by atoms with E-state index in [2.05, 4.69) is 31.5 Å². The standard InChI is InChI=1S/C15H22BrN3O/c1-11-12(16)6-7-13(18-11)19-14(20)10-15(17-2)8-4-3-5-9-15/h6-7,17H,3-5,8-10H2,1-2H3,(H,18,19,20). The van der Waals surface area contributed by atoms with Crippen LogP contribution in [-0.2, 0) is 4.79 Å². The Hall–Kier alpha value is -0.940. The predicted octanol–water partition coefficient (Wildman–Crippen LogP) is 3.40. The number of halogens is 1. The molecule has 1 aromatic rings. The summed E-state index contributed by atoms with van der Waals surface area (Å²) in [5.41, 5.74) is 0.844. The van der Waals surface area contributed by atoms with Crippen LogP contribution in [0.15, 0.2) is 16.6 Å². The number of nitrogens with one attached hydrogen (secondary N) is 2. The van der Waals surface area contributed by atoms with Crippen LogP contribution in [0, 0.1) is 6.92 Å². The zero-order valence-electron chi connectivity index (χ0n) is 12.1. The summed E-state index contributed by atoms with van der Waals surface area (Å²) >= 11 is 3.41. The van der Waals surface area contributed by atoms with Crippen molar-refractivity contribution in [1.29, 1.82) is 0 Å². The first kappa shape index (κ1) is 15.4. The first-order valence-corrected chi connectivity index (χ1v) is 7.96. The molecule has 2 N–H and O–H groups in total. The maximum atomic E-state index is 12.2. The average molecular weight is 340 g/mol. The third-order valence-electron chi connectivity index (χ3n) is 4.13. The van der Waals surface area contributed by atoms with Crippen LogP contribution in [0.25, 0.3) is 0 Å². The lowest BCUT2D eigenvalue weighted by molar-refractivity contribution is -0.117. The SMILES string of the molecule is CNC1(CC(=O)Nc2ccc(Br)c(C)n2)CCCCC1. The highest BCUT2D eigenvalue weighted by Crippen LogP contribution is 2.31. The highest BCUT2D eigenvalue weighted by molar-refractivity contribution is 9.10. The first-order chi connectivity index (χ1) is 9.54. The van der Waals surface area contributed by atoms with Gasteiger partial charge in [0.25, 0.3) is 0 Å². The molecule has 1 heterocycles. The second-order valence-electron chi connectivity index (χ2n) is 5.58. The van der Waals surface area contributed by atoms with Crippen LogP contribution >= 0.6 is 15.9 Å². The minimum Gasteiger partial charge on any atom is -0.314 e. The number of amides is 1. The van der Waals surface area contributed by atoms with Crippen molar-refractivity contribution in [2.75, 3.05) is 12.4 Å². The van der Waals surface area contributed by atoms with Crippen LogP contribution in [0.5, 0.6) is 0 Å². The van der Waals surface area contributed by atoms with Gasteiger partial charge >= 0.3 is 0 Å². The van der Waals surface area contributed by atoms with Crippen LogP contribution < -0.4 is 10.6 Å². The summed E-state index contributed by atoms with van der Waals surface area (Å²) in [5.74, 6) is 0.660. The lowest BCUT2D eigenvalue weighted by Gasteiger charge is -2.36. The monoisotopic (exact) mass is 339 g/mol. The van der Waals surface area contributed by atoms with E-state index in [-0.39, 0.29) is 11.4 Å². The Kier molecular flexibility index (Phi) is 5.16. The number of anilines is 1. The Balaban J connectivity index is 1.98. The number of carbonyl (C=O) groups is 1. The van der Waals surface area contributed by atoms with Gasteiger partial charge in [-0.05, 0) is 54.9 Å². The fraction of sp³-hybridized carbons (Fsp3) is 0.600. The molecular formula is C15H22BrN3O. The van der Waals surface area contributed by atoms with E-state index in [4.69, 9.17) is 0 Å². The fourth-order valence-corrected chi connectivity index (χ4v) is 3.07. The molecule has 20 heavy (non-hydrogen) atoms. The molecule has 1 aliphatic carbocycles. The minimum absolute atomic E-state index is 0.0350. The van der Waals surface area contributed by atoms with Gasteiger partial charge in [0.2, 0.25) is 5.91 Å². The molecule has 0 radical (unpaired) electrons. The van der Waals surface area contributed by atoms with Gasteiger partial charge in [0.15, 0.2) is 0 Å². The fourth-order valence-electron chi connectivity index (χ4n) is 2.85. The van der Waals surface area contributed by atoms with E-state index in [1.807, 2.05) is 26.1 Å². The number of hydrogen-bond acceptors (Lipinski definition) is 3. The average Bonchev–Trinajstić information content (AvgIpc) is 2.44. The Morgan fingerprint density at radius 1 is 1.35 bits per heavy atom. The largest absolute Gasteiger partial charge is 0.314 e. The second-order valence-corrected chi connectivity index (χ2v) is 6.43. The molecule has 0 atom stereocenters. The van der Waals surface area contributed by atoms with Gasteiger partial charge in [-0.25, -0.2) is 4.98 Å². The molecule has 0 aliphatic heterocycles. The van der Waals surface area contributed by atoms with Crippen molar-refractivity contribution in [3.8, 4) is 0 Å². The molecule has 1 fully saturated rings. The summed E-state index contributed by atoms with van der Waals surface area (Å²) in [5, 5.41) is 6.27. The van der Waals surface area contributed by atoms with Crippen molar-refractivity contribution >= 4 is 27.7 Å². The topological polar surface area (TPSA) is 54.0 Å². The molecule has 4 nitrogen and oxygen atoms in total. The van der Waals surface area contributed by atoms with Crippen LogP contribution in [-0.4, -0.2) is 23.5 Å². The van der Waals surface area contributed by atoms with E-state index < -0.39 is 0 Å². The lowest BCUT2D eigenvalue weighted by Crippen LogP contribution is -2.47. The smallest absolute Gasteiger partial charge is 0.227 e. The Morgan fingerprint density at radius 2 is 2.05 bits per heavy atom. The number of nitrogens with zero attached hydrogens (tertiary/aromatic N) is 1. The minimum atomic E-state index is -0.0350. The number of aromatic nitrogens is 1. The molecule has 0 saturated heterocycles. The maximum absolute atomic E-state index is 12.2. The Morgan fingerprint density at radius 3 is 2.65 bits per heavy atom. The zero-order valence-corrected chi connectivity index (χ0v) is 13.7. The Labute approximate surface area is 128 Å². The summed E-state index contributed by atoms with van der Waals surface area (Å²) < 4.78 is 0.953. The van der Waals surface area contributed by atoms with E-state index in [9.17, 15) is 4.79 Å². The van der Waals surface area contributed by atoms with E-state index >= 15 is 0 Å². The first-order valence-electron chi connectivity index (χ1n) is 7.17. The Bertz CT molecular complexity index is 484. The van der Waals surface area contributed by atoms with Crippen molar-refractivity contribution < 1.29 is 4.79 Å². The van der Waals surface area contributed by atoms with Gasteiger partial charge in [0.05, 0.1) is 5.69 Å². The number of rotatable bonds is 4. The molecule has 1 aromatic heterocycles. The molecule has 0 bridgehead atoms. The normalized spacial score (nSPS) is 17.8. The van der Waals surface area contributed by atoms with Gasteiger partial charge in [-0.1, -0.05) is 19.3 Å². The van der Waals surface area contributed by atoms with Crippen molar-refractivity contribution in [3.63, 3.8) is 0 Å². The van der Waals surface area contributed by atoms with Gasteiger partial charge in [-0.3, -0.25) is 4.79 Å². The van der Waals surface area contributed by atoms with Crippen LogP contribution in [0.2, 0.25) is 0 Å². The predicted molar refractivity (Wildman–Crippen MR) is 84.8 cm³/mol. The molecule has 1 saturated carbocycles. The van der Waals surface area contributed by atoms with E-state index in [1.165, 1.54) is 19.3 Å². The maximum Gasteiger partial charge on any atom is 0.227 e. The van der Waals surface area contributed by atoms with E-state index in [0.717, 1.165) is 23.0 Å². The molecule has 0 unspecified atom stereocenters. The van der Waals surface area contributed by atoms with Gasteiger partial charge in [0, 0.05) is 16.4 Å². The lowest BCUT2D eigenvalue weighted by atomic mass is 9.79. The third kappa shape index (κ3) is 3.79. The summed E-state index contributed by atoms with van der Waals surface area (Å²) in [6.07, 6.45) is 6.33. The molecule has 1 amide bonds. The number of pyridine rings is 1. The van der Waals surface area contributed by atoms with E-state index in [0.29, 0.717) is 12.2 Å². The quantitative estimate of drug-likeness (QED) is 0.883. The zero-order chi connectivity index (χ0) is 14.6. The summed E-state index contributed by atoms with van der Waals surface area (Å²) in [4.78, 5) is 16.6. The summed E-state index contributed by atoms with van der Waals surface area (Å²) in [6.45, 7) is 1.91. The van der Waals surface area contributed by atoms with Crippen molar-refractivity contribution in [1.82, 2.24) is 10.3 Å². The van der Waals surface area contributed by atoms with Crippen LogP contribution in [0.1, 0.15) is 44.2 Å². The molecule has 0 aromatic carbocycles. The molecule has 0 spiro atoms. The van der Waals surface area contributed by atoms with Gasteiger partial charge < -0.3 is 10.6 Å². The summed E-state index contributed by atoms with van der Waals surface area (Å²) in [7, 11) is 1.96. The molecule has 110 valence electrons. The molecular weight excluding hydrogens is 318 g/mol. The molecule has 2 rings (SSSR count). The third-order valence-corrected chi connectivity index (χ3v) is 4.97. The van der Waals surface area contributed by atoms with Gasteiger partial charge in [0.1, 0.15) is 5.82 Å². The van der Waals surface area contributed by atoms with Crippen LogP contribution in [0.3, 0.4) is 0 Å². The highest BCUT2D eigenvalue weighted by Gasteiger charge is 2.32.